The van der Waals surface area contributed by atoms with Crippen LogP contribution in [0.3, 0.4) is 0 Å². The van der Waals surface area contributed by atoms with Crippen molar-refractivity contribution in [2.24, 2.45) is 0 Å². The summed E-state index contributed by atoms with van der Waals surface area (Å²) >= 11 is 0. The van der Waals surface area contributed by atoms with Crippen molar-refractivity contribution >= 4 is 23.5 Å². The first-order chi connectivity index (χ1) is 13.8. The van der Waals surface area contributed by atoms with Crippen molar-refractivity contribution in [3.8, 4) is 0 Å². The molecule has 0 amide bonds. The number of unbranched alkanes of at least 4 members (excludes halogenated alkanes) is 2. The maximum absolute atomic E-state index is 10.6. The van der Waals surface area contributed by atoms with Crippen LogP contribution in [0.5, 0.6) is 0 Å². The van der Waals surface area contributed by atoms with E-state index in [1.807, 2.05) is 13.8 Å². The fraction of sp³-hybridized carbons (Fsp3) is 0.727. The van der Waals surface area contributed by atoms with Crippen LogP contribution in [0.25, 0.3) is 0 Å². The summed E-state index contributed by atoms with van der Waals surface area (Å²) in [5.74, 6) is -1.74. The third-order valence-corrected chi connectivity index (χ3v) is 2.20. The van der Waals surface area contributed by atoms with E-state index in [1.165, 1.54) is 0 Å². The Labute approximate surface area is 207 Å². The molecule has 2 N–H and O–H groups in total. The van der Waals surface area contributed by atoms with Crippen molar-refractivity contribution < 1.29 is 65.1 Å². The van der Waals surface area contributed by atoms with Gasteiger partial charge in [-0.05, 0) is 40.5 Å². The molecule has 0 aliphatic rings. The second-order valence-corrected chi connectivity index (χ2v) is 6.77. The number of ether oxygens (including phenoxy) is 2. The van der Waals surface area contributed by atoms with Gasteiger partial charge >= 0.3 is 38.1 Å². The molecular formula is C22H42O8Zr. The molecule has 8 nitrogen and oxygen atoms in total. The Kier molecular flexibility index (Phi) is 40.2. The fourth-order valence-electron chi connectivity index (χ4n) is 1.08. The summed E-state index contributed by atoms with van der Waals surface area (Å²) in [7, 11) is 0. The molecule has 0 aromatic rings. The largest absolute Gasteiger partial charge is 2.00 e. The SMILES string of the molecule is CC(C)O.CC(C)O.[CH2-]C(=O)CC(=O)OCCCC.[CH2-]C(=O)CC(=O)OCCCC.[Zr+2]. The maximum Gasteiger partial charge on any atom is 2.00 e. The molecule has 0 aromatic heterocycles. The van der Waals surface area contributed by atoms with Crippen molar-refractivity contribution in [2.75, 3.05) is 13.2 Å². The molecule has 0 saturated carbocycles. The first kappa shape index (κ1) is 40.2. The van der Waals surface area contributed by atoms with Gasteiger partial charge in [-0.25, -0.2) is 0 Å². The monoisotopic (exact) mass is 524 g/mol. The number of esters is 2. The van der Waals surface area contributed by atoms with Crippen molar-refractivity contribution in [1.29, 1.82) is 0 Å². The quantitative estimate of drug-likeness (QED) is 0.193. The fourth-order valence-corrected chi connectivity index (χ4v) is 1.08. The minimum atomic E-state index is -0.474. The minimum Gasteiger partial charge on any atom is -0.465 e. The molecule has 0 aromatic carbocycles. The third-order valence-electron chi connectivity index (χ3n) is 2.20. The summed E-state index contributed by atoms with van der Waals surface area (Å²) in [6.07, 6.45) is 2.90. The Morgan fingerprint density at radius 3 is 1.10 bits per heavy atom. The molecular weight excluding hydrogens is 483 g/mol. The second kappa shape index (κ2) is 31.0. The zero-order chi connectivity index (χ0) is 24.5. The van der Waals surface area contributed by atoms with Crippen molar-refractivity contribution in [3.63, 3.8) is 0 Å². The molecule has 0 atom stereocenters. The van der Waals surface area contributed by atoms with Crippen LogP contribution in [0.2, 0.25) is 0 Å². The Balaban J connectivity index is -0.000000106. The number of Topliss-reactive ketones (excluding diaryl/α,β-unsaturated/α-hetero) is 2. The van der Waals surface area contributed by atoms with Gasteiger partial charge in [0.2, 0.25) is 0 Å². The maximum atomic E-state index is 10.6. The van der Waals surface area contributed by atoms with Gasteiger partial charge in [-0.3, -0.25) is 9.59 Å². The van der Waals surface area contributed by atoms with Crippen LogP contribution in [0, 0.1) is 13.8 Å². The van der Waals surface area contributed by atoms with E-state index >= 15 is 0 Å². The van der Waals surface area contributed by atoms with Gasteiger partial charge in [0, 0.05) is 23.8 Å². The normalized spacial score (nSPS) is 8.84. The number of ketones is 2. The van der Waals surface area contributed by atoms with Gasteiger partial charge in [-0.1, -0.05) is 26.7 Å². The molecule has 0 aliphatic carbocycles. The van der Waals surface area contributed by atoms with E-state index in [9.17, 15) is 19.2 Å². The molecule has 9 heteroatoms. The van der Waals surface area contributed by atoms with Crippen LogP contribution in [-0.4, -0.2) is 59.1 Å². The van der Waals surface area contributed by atoms with Crippen LogP contribution >= 0.6 is 0 Å². The molecule has 0 heterocycles. The van der Waals surface area contributed by atoms with E-state index in [-0.39, 0.29) is 51.3 Å². The zero-order valence-electron chi connectivity index (χ0n) is 20.1. The Bertz CT molecular complexity index is 392. The van der Waals surface area contributed by atoms with Crippen LogP contribution < -0.4 is 0 Å². The number of hydrogen-bond donors (Lipinski definition) is 2. The first-order valence-electron chi connectivity index (χ1n) is 10.2. The van der Waals surface area contributed by atoms with Gasteiger partial charge in [0.1, 0.15) is 0 Å². The van der Waals surface area contributed by atoms with Gasteiger partial charge in [0.15, 0.2) is 0 Å². The molecule has 0 rings (SSSR count). The van der Waals surface area contributed by atoms with E-state index in [2.05, 4.69) is 13.8 Å². The summed E-state index contributed by atoms with van der Waals surface area (Å²) in [6.45, 7) is 17.8. The van der Waals surface area contributed by atoms with Crippen molar-refractivity contribution in [1.82, 2.24) is 0 Å². The zero-order valence-corrected chi connectivity index (χ0v) is 22.5. The van der Waals surface area contributed by atoms with Crippen LogP contribution in [0.1, 0.15) is 80.1 Å². The van der Waals surface area contributed by atoms with Crippen molar-refractivity contribution in [2.45, 2.75) is 92.3 Å². The smallest absolute Gasteiger partial charge is 0.465 e. The van der Waals surface area contributed by atoms with Gasteiger partial charge in [0.05, 0.1) is 26.1 Å². The van der Waals surface area contributed by atoms with E-state index in [0.717, 1.165) is 25.7 Å². The van der Waals surface area contributed by atoms with Gasteiger partial charge < -0.3 is 43.1 Å². The summed E-state index contributed by atoms with van der Waals surface area (Å²) in [5, 5.41) is 16.1. The number of aliphatic hydroxyl groups is 2. The molecule has 0 radical (unpaired) electrons. The number of carbonyl (C=O) groups excluding carboxylic acids is 4. The van der Waals surface area contributed by atoms with E-state index in [0.29, 0.717) is 13.2 Å². The number of rotatable bonds is 10. The summed E-state index contributed by atoms with van der Waals surface area (Å²) in [6, 6.07) is 0. The predicted octanol–water partition coefficient (Wildman–Crippen LogP) is 3.02. The molecule has 0 saturated heterocycles. The average molecular weight is 526 g/mol. The summed E-state index contributed by atoms with van der Waals surface area (Å²) in [4.78, 5) is 41.8. The topological polar surface area (TPSA) is 127 Å². The number of aliphatic hydroxyl groups excluding tert-OH is 2. The molecule has 0 spiro atoms. The van der Waals surface area contributed by atoms with Crippen molar-refractivity contribution in [3.05, 3.63) is 13.8 Å². The Morgan fingerprint density at radius 2 is 0.935 bits per heavy atom. The van der Waals surface area contributed by atoms with Crippen LogP contribution in [0.4, 0.5) is 0 Å². The van der Waals surface area contributed by atoms with E-state index in [4.69, 9.17) is 19.7 Å². The third kappa shape index (κ3) is 73.3. The number of hydrogen-bond acceptors (Lipinski definition) is 8. The van der Waals surface area contributed by atoms with Gasteiger partial charge in [0.25, 0.3) is 0 Å². The van der Waals surface area contributed by atoms with Gasteiger partial charge in [-0.2, -0.15) is 0 Å². The summed E-state index contributed by atoms with van der Waals surface area (Å²) in [5.41, 5.74) is 0. The van der Waals surface area contributed by atoms with Crippen LogP contribution in [0.15, 0.2) is 0 Å². The Morgan fingerprint density at radius 1 is 0.710 bits per heavy atom. The van der Waals surface area contributed by atoms with Gasteiger partial charge in [-0.15, -0.1) is 0 Å². The molecule has 0 fully saturated rings. The Hall–Kier alpha value is -1.18. The summed E-state index contributed by atoms with van der Waals surface area (Å²) < 4.78 is 9.39. The molecule has 0 aliphatic heterocycles. The molecule has 31 heavy (non-hydrogen) atoms. The predicted molar refractivity (Wildman–Crippen MR) is 116 cm³/mol. The average Bonchev–Trinajstić information content (AvgIpc) is 2.53. The van der Waals surface area contributed by atoms with Crippen LogP contribution in [-0.2, 0) is 54.9 Å². The van der Waals surface area contributed by atoms with E-state index < -0.39 is 23.5 Å². The standard InChI is InChI=1S/2C8H13O3.2C3H8O.Zr/c2*1-3-4-5-11-8(10)6-7(2)9;2*1-3(2)4;/h2*2-6H2,1H3;2*3-4H,1-2H3;/q2*-1;;;+2. The second-order valence-electron chi connectivity index (χ2n) is 6.77. The van der Waals surface area contributed by atoms with E-state index in [1.54, 1.807) is 27.7 Å². The first-order valence-corrected chi connectivity index (χ1v) is 10.2. The molecule has 182 valence electrons. The molecule has 0 bridgehead atoms. The minimum absolute atomic E-state index is 0. The molecule has 0 unspecified atom stereocenters. The number of carbonyl (C=O) groups is 4.